The average Bonchev–Trinajstić information content (AvgIpc) is 2.60. The molecule has 0 saturated heterocycles. The number of amides is 1. The van der Waals surface area contributed by atoms with E-state index >= 15 is 0 Å². The minimum Gasteiger partial charge on any atom is -0.335 e. The molecule has 0 aliphatic rings. The number of hydrogen-bond donors (Lipinski definition) is 0. The number of nitrogens with zero attached hydrogens (tertiary/aromatic N) is 1. The van der Waals surface area contributed by atoms with Crippen LogP contribution in [-0.2, 0) is 16.4 Å². The van der Waals surface area contributed by atoms with Crippen molar-refractivity contribution in [2.75, 3.05) is 12.3 Å². The molecule has 24 heavy (non-hydrogen) atoms. The van der Waals surface area contributed by atoms with Crippen LogP contribution in [-0.4, -0.2) is 31.5 Å². The zero-order valence-corrected chi connectivity index (χ0v) is 14.9. The summed E-state index contributed by atoms with van der Waals surface area (Å²) in [6.07, 6.45) is 0.520. The largest absolute Gasteiger partial charge is 0.335 e. The molecule has 0 aromatic heterocycles. The van der Waals surface area contributed by atoms with Crippen molar-refractivity contribution in [3.8, 4) is 0 Å². The van der Waals surface area contributed by atoms with Crippen molar-refractivity contribution in [1.82, 2.24) is 4.90 Å². The summed E-state index contributed by atoms with van der Waals surface area (Å²) in [5.74, 6) is -0.209. The zero-order chi connectivity index (χ0) is 17.6. The van der Waals surface area contributed by atoms with Gasteiger partial charge in [-0.25, -0.2) is 8.42 Å². The van der Waals surface area contributed by atoms with Gasteiger partial charge in [-0.15, -0.1) is 0 Å². The second-order valence-corrected chi connectivity index (χ2v) is 7.70. The van der Waals surface area contributed by atoms with Gasteiger partial charge in [0.2, 0.25) is 0 Å². The molecule has 0 saturated carbocycles. The van der Waals surface area contributed by atoms with E-state index in [1.165, 1.54) is 6.07 Å². The molecule has 0 aliphatic heterocycles. The fraction of sp³-hybridized carbons (Fsp3) is 0.316. The Kier molecular flexibility index (Phi) is 6.15. The Morgan fingerprint density at radius 2 is 1.58 bits per heavy atom. The van der Waals surface area contributed by atoms with E-state index in [9.17, 15) is 13.2 Å². The predicted octanol–water partition coefficient (Wildman–Crippen LogP) is 3.53. The van der Waals surface area contributed by atoms with Crippen LogP contribution < -0.4 is 0 Å². The Morgan fingerprint density at radius 3 is 2.21 bits per heavy atom. The number of carbonyl (C=O) groups excluding carboxylic acids is 1. The van der Waals surface area contributed by atoms with E-state index in [0.29, 0.717) is 19.5 Å². The van der Waals surface area contributed by atoms with Gasteiger partial charge in [-0.05, 0) is 31.0 Å². The lowest BCUT2D eigenvalue weighted by Gasteiger charge is -2.22. The molecule has 0 bridgehead atoms. The molecule has 0 atom stereocenters. The minimum absolute atomic E-state index is 0.0438. The van der Waals surface area contributed by atoms with E-state index in [1.54, 1.807) is 23.1 Å². The molecule has 2 rings (SSSR count). The summed E-state index contributed by atoms with van der Waals surface area (Å²) in [4.78, 5) is 14.7. The molecule has 0 fully saturated rings. The number of hydrogen-bond acceptors (Lipinski definition) is 3. The first kappa shape index (κ1) is 18.2. The molecule has 128 valence electrons. The van der Waals surface area contributed by atoms with Crippen molar-refractivity contribution in [2.45, 2.75) is 31.7 Å². The predicted molar refractivity (Wildman–Crippen MR) is 95.6 cm³/mol. The highest BCUT2D eigenvalue weighted by Crippen LogP contribution is 2.20. The van der Waals surface area contributed by atoms with E-state index in [4.69, 9.17) is 0 Å². The van der Waals surface area contributed by atoms with Crippen molar-refractivity contribution in [2.24, 2.45) is 0 Å². The van der Waals surface area contributed by atoms with Gasteiger partial charge in [-0.2, -0.15) is 0 Å². The first-order valence-corrected chi connectivity index (χ1v) is 9.79. The Balaban J connectivity index is 2.35. The van der Waals surface area contributed by atoms with E-state index in [-0.39, 0.29) is 22.1 Å². The van der Waals surface area contributed by atoms with Crippen LogP contribution in [0.3, 0.4) is 0 Å². The molecule has 0 radical (unpaired) electrons. The van der Waals surface area contributed by atoms with Crippen molar-refractivity contribution >= 4 is 15.7 Å². The zero-order valence-electron chi connectivity index (χ0n) is 14.1. The second kappa shape index (κ2) is 8.11. The third-order valence-corrected chi connectivity index (χ3v) is 5.78. The van der Waals surface area contributed by atoms with Crippen molar-refractivity contribution < 1.29 is 13.2 Å². The van der Waals surface area contributed by atoms with Gasteiger partial charge < -0.3 is 4.90 Å². The highest BCUT2D eigenvalue weighted by atomic mass is 32.2. The number of carbonyl (C=O) groups is 1. The lowest BCUT2D eigenvalue weighted by Crippen LogP contribution is -2.31. The average molecular weight is 345 g/mol. The van der Waals surface area contributed by atoms with Gasteiger partial charge in [0.1, 0.15) is 0 Å². The monoisotopic (exact) mass is 345 g/mol. The smallest absolute Gasteiger partial charge is 0.255 e. The molecular weight excluding hydrogens is 322 g/mol. The standard InChI is InChI=1S/C19H23NO3S/c1-3-14-24(22,23)18-13-9-8-12-17(18)19(21)20(4-2)15-16-10-6-5-7-11-16/h5-13H,3-4,14-15H2,1-2H3. The van der Waals surface area contributed by atoms with Crippen LogP contribution in [0.2, 0.25) is 0 Å². The fourth-order valence-corrected chi connectivity index (χ4v) is 4.13. The maximum Gasteiger partial charge on any atom is 0.255 e. The molecule has 1 amide bonds. The Hall–Kier alpha value is -2.14. The molecule has 2 aromatic rings. The summed E-state index contributed by atoms with van der Waals surface area (Å²) < 4.78 is 24.9. The third kappa shape index (κ3) is 4.23. The van der Waals surface area contributed by atoms with E-state index in [1.807, 2.05) is 44.2 Å². The lowest BCUT2D eigenvalue weighted by molar-refractivity contribution is 0.0748. The molecule has 0 spiro atoms. The molecule has 0 unspecified atom stereocenters. The molecular formula is C19H23NO3S. The topological polar surface area (TPSA) is 54.5 Å². The van der Waals surface area contributed by atoms with Crippen LogP contribution in [0.5, 0.6) is 0 Å². The summed E-state index contributed by atoms with van der Waals surface area (Å²) in [6.45, 7) is 4.67. The molecule has 0 heterocycles. The summed E-state index contributed by atoms with van der Waals surface area (Å²) in [7, 11) is -3.45. The van der Waals surface area contributed by atoms with E-state index < -0.39 is 9.84 Å². The fourth-order valence-electron chi connectivity index (χ4n) is 2.59. The van der Waals surface area contributed by atoms with Crippen LogP contribution in [0.15, 0.2) is 59.5 Å². The van der Waals surface area contributed by atoms with Crippen molar-refractivity contribution in [3.05, 3.63) is 65.7 Å². The van der Waals surface area contributed by atoms with Crippen LogP contribution in [0.25, 0.3) is 0 Å². The molecule has 4 nitrogen and oxygen atoms in total. The lowest BCUT2D eigenvalue weighted by atomic mass is 10.1. The first-order valence-electron chi connectivity index (χ1n) is 8.14. The van der Waals surface area contributed by atoms with Crippen LogP contribution >= 0.6 is 0 Å². The molecule has 2 aromatic carbocycles. The first-order chi connectivity index (χ1) is 11.5. The van der Waals surface area contributed by atoms with Crippen LogP contribution in [0, 0.1) is 0 Å². The Bertz CT molecular complexity index is 785. The number of sulfone groups is 1. The third-order valence-electron chi connectivity index (χ3n) is 3.81. The quantitative estimate of drug-likeness (QED) is 0.771. The number of benzene rings is 2. The number of rotatable bonds is 7. The molecule has 5 heteroatoms. The van der Waals surface area contributed by atoms with E-state index in [0.717, 1.165) is 5.56 Å². The summed E-state index contributed by atoms with van der Waals surface area (Å²) >= 11 is 0. The van der Waals surface area contributed by atoms with Gasteiger partial charge in [-0.3, -0.25) is 4.79 Å². The van der Waals surface area contributed by atoms with Gasteiger partial charge in [0.05, 0.1) is 16.2 Å². The molecule has 0 aliphatic carbocycles. The van der Waals surface area contributed by atoms with Crippen LogP contribution in [0.1, 0.15) is 36.2 Å². The van der Waals surface area contributed by atoms with Gasteiger partial charge >= 0.3 is 0 Å². The SMILES string of the molecule is CCCS(=O)(=O)c1ccccc1C(=O)N(CC)Cc1ccccc1. The Labute approximate surface area is 144 Å². The maximum atomic E-state index is 12.9. The van der Waals surface area contributed by atoms with E-state index in [2.05, 4.69) is 0 Å². The normalized spacial score (nSPS) is 11.2. The van der Waals surface area contributed by atoms with Crippen molar-refractivity contribution in [3.63, 3.8) is 0 Å². The van der Waals surface area contributed by atoms with Gasteiger partial charge in [0.25, 0.3) is 5.91 Å². The van der Waals surface area contributed by atoms with Gasteiger partial charge in [0, 0.05) is 13.1 Å². The highest BCUT2D eigenvalue weighted by Gasteiger charge is 2.24. The summed E-state index contributed by atoms with van der Waals surface area (Å²) in [5.41, 5.74) is 1.27. The van der Waals surface area contributed by atoms with Crippen molar-refractivity contribution in [1.29, 1.82) is 0 Å². The second-order valence-electron chi connectivity index (χ2n) is 5.62. The molecule has 0 N–H and O–H groups in total. The van der Waals surface area contributed by atoms with Gasteiger partial charge in [0.15, 0.2) is 9.84 Å². The Morgan fingerprint density at radius 1 is 0.958 bits per heavy atom. The minimum atomic E-state index is -3.45. The van der Waals surface area contributed by atoms with Crippen LogP contribution in [0.4, 0.5) is 0 Å². The maximum absolute atomic E-state index is 12.9. The summed E-state index contributed by atoms with van der Waals surface area (Å²) in [5, 5.41) is 0. The van der Waals surface area contributed by atoms with Gasteiger partial charge in [-0.1, -0.05) is 49.4 Å². The highest BCUT2D eigenvalue weighted by molar-refractivity contribution is 7.91. The summed E-state index contributed by atoms with van der Waals surface area (Å²) in [6, 6.07) is 16.2.